The summed E-state index contributed by atoms with van der Waals surface area (Å²) in [7, 11) is 1.34. The summed E-state index contributed by atoms with van der Waals surface area (Å²) in [6, 6.07) is 3.50. The van der Waals surface area contributed by atoms with Crippen molar-refractivity contribution in [1.29, 1.82) is 0 Å². The van der Waals surface area contributed by atoms with Crippen molar-refractivity contribution in [3.05, 3.63) is 23.9 Å². The fourth-order valence-electron chi connectivity index (χ4n) is 2.59. The minimum Gasteiger partial charge on any atom is -0.465 e. The molecule has 2 heterocycles. The largest absolute Gasteiger partial charge is 0.465 e. The number of hydrogen-bond donors (Lipinski definition) is 1. The number of pyridine rings is 1. The van der Waals surface area contributed by atoms with Crippen LogP contribution in [0.5, 0.6) is 0 Å². The number of piperidine rings is 1. The predicted molar refractivity (Wildman–Crippen MR) is 90.2 cm³/mol. The van der Waals surface area contributed by atoms with E-state index in [1.807, 2.05) is 20.8 Å². The molecule has 0 unspecified atom stereocenters. The molecule has 1 aromatic rings. The number of amides is 1. The number of carbonyl (C=O) groups excluding carboxylic acids is 2. The zero-order valence-corrected chi connectivity index (χ0v) is 14.7. The van der Waals surface area contributed by atoms with Crippen LogP contribution in [0.1, 0.15) is 44.0 Å². The van der Waals surface area contributed by atoms with Crippen molar-refractivity contribution < 1.29 is 19.1 Å². The van der Waals surface area contributed by atoms with E-state index < -0.39 is 17.7 Å². The van der Waals surface area contributed by atoms with Crippen molar-refractivity contribution in [3.8, 4) is 0 Å². The van der Waals surface area contributed by atoms with Crippen molar-refractivity contribution in [2.45, 2.75) is 45.3 Å². The molecule has 7 nitrogen and oxygen atoms in total. The van der Waals surface area contributed by atoms with E-state index in [-0.39, 0.29) is 6.04 Å². The molecule has 0 spiro atoms. The monoisotopic (exact) mass is 335 g/mol. The van der Waals surface area contributed by atoms with Gasteiger partial charge in [0, 0.05) is 25.3 Å². The van der Waals surface area contributed by atoms with E-state index in [0.29, 0.717) is 12.1 Å². The summed E-state index contributed by atoms with van der Waals surface area (Å²) in [6.45, 7) is 7.03. The van der Waals surface area contributed by atoms with Crippen LogP contribution in [0.3, 0.4) is 0 Å². The summed E-state index contributed by atoms with van der Waals surface area (Å²) in [4.78, 5) is 29.8. The van der Waals surface area contributed by atoms with Crippen LogP contribution in [0.2, 0.25) is 0 Å². The number of anilines is 1. The fourth-order valence-corrected chi connectivity index (χ4v) is 2.59. The number of aromatic nitrogens is 1. The third kappa shape index (κ3) is 5.11. The molecule has 1 aromatic heterocycles. The van der Waals surface area contributed by atoms with Crippen LogP contribution in [0.15, 0.2) is 18.3 Å². The average Bonchev–Trinajstić information content (AvgIpc) is 2.52. The van der Waals surface area contributed by atoms with Gasteiger partial charge in [0.15, 0.2) is 0 Å². The lowest BCUT2D eigenvalue weighted by Gasteiger charge is -2.34. The third-order valence-electron chi connectivity index (χ3n) is 3.64. The smallest absolute Gasteiger partial charge is 0.407 e. The summed E-state index contributed by atoms with van der Waals surface area (Å²) in [6.07, 6.45) is 2.95. The average molecular weight is 335 g/mol. The van der Waals surface area contributed by atoms with Crippen LogP contribution in [0.4, 0.5) is 10.6 Å². The molecule has 1 N–H and O–H groups in total. The summed E-state index contributed by atoms with van der Waals surface area (Å²) >= 11 is 0. The first kappa shape index (κ1) is 18.0. The third-order valence-corrected chi connectivity index (χ3v) is 3.64. The Morgan fingerprint density at radius 1 is 1.33 bits per heavy atom. The van der Waals surface area contributed by atoms with Crippen LogP contribution in [-0.4, -0.2) is 48.9 Å². The summed E-state index contributed by atoms with van der Waals surface area (Å²) < 4.78 is 9.97. The minimum atomic E-state index is -0.510. The lowest BCUT2D eigenvalue weighted by atomic mass is 10.1. The second kappa shape index (κ2) is 7.51. The standard InChI is InChI=1S/C17H25N3O4/c1-17(2,3)24-16(22)19-13-6-5-9-20(11-13)14-8-7-12(10-18-14)15(21)23-4/h7-8,10,13H,5-6,9,11H2,1-4H3,(H,19,22)/t13-/m1/s1. The number of hydrogen-bond acceptors (Lipinski definition) is 6. The zero-order chi connectivity index (χ0) is 17.7. The van der Waals surface area contributed by atoms with Gasteiger partial charge in [-0.25, -0.2) is 14.6 Å². The minimum absolute atomic E-state index is 0.00989. The first-order valence-electron chi connectivity index (χ1n) is 8.07. The molecule has 1 aliphatic rings. The SMILES string of the molecule is COC(=O)c1ccc(N2CCC[C@@H](NC(=O)OC(C)(C)C)C2)nc1. The molecular weight excluding hydrogens is 310 g/mol. The van der Waals surface area contributed by atoms with Gasteiger partial charge in [0.05, 0.1) is 12.7 Å². The second-order valence-electron chi connectivity index (χ2n) is 6.83. The summed E-state index contributed by atoms with van der Waals surface area (Å²) in [5, 5.41) is 2.91. The van der Waals surface area contributed by atoms with Crippen molar-refractivity contribution in [2.24, 2.45) is 0 Å². The van der Waals surface area contributed by atoms with E-state index in [1.165, 1.54) is 13.3 Å². The van der Waals surface area contributed by atoms with Gasteiger partial charge in [-0.1, -0.05) is 0 Å². The molecule has 0 bridgehead atoms. The molecule has 0 radical (unpaired) electrons. The van der Waals surface area contributed by atoms with Gasteiger partial charge in [-0.2, -0.15) is 0 Å². The van der Waals surface area contributed by atoms with E-state index in [2.05, 4.69) is 19.9 Å². The number of nitrogens with zero attached hydrogens (tertiary/aromatic N) is 2. The Kier molecular flexibility index (Phi) is 5.64. The topological polar surface area (TPSA) is 80.8 Å². The van der Waals surface area contributed by atoms with Crippen molar-refractivity contribution in [3.63, 3.8) is 0 Å². The summed E-state index contributed by atoms with van der Waals surface area (Å²) in [5.74, 6) is 0.371. The molecule has 7 heteroatoms. The lowest BCUT2D eigenvalue weighted by molar-refractivity contribution is 0.0498. The van der Waals surface area contributed by atoms with Crippen LogP contribution in [-0.2, 0) is 9.47 Å². The molecule has 0 aliphatic carbocycles. The highest BCUT2D eigenvalue weighted by Crippen LogP contribution is 2.19. The van der Waals surface area contributed by atoms with E-state index in [9.17, 15) is 9.59 Å². The van der Waals surface area contributed by atoms with Crippen LogP contribution >= 0.6 is 0 Å². The van der Waals surface area contributed by atoms with E-state index in [1.54, 1.807) is 12.1 Å². The maximum Gasteiger partial charge on any atom is 0.407 e. The highest BCUT2D eigenvalue weighted by molar-refractivity contribution is 5.89. The van der Waals surface area contributed by atoms with Crippen molar-refractivity contribution in [2.75, 3.05) is 25.1 Å². The molecular formula is C17H25N3O4. The molecule has 1 fully saturated rings. The predicted octanol–water partition coefficient (Wildman–Crippen LogP) is 2.36. The maximum absolute atomic E-state index is 11.9. The molecule has 24 heavy (non-hydrogen) atoms. The normalized spacial score (nSPS) is 18.0. The molecule has 2 rings (SSSR count). The number of rotatable bonds is 3. The van der Waals surface area contributed by atoms with Crippen LogP contribution in [0, 0.1) is 0 Å². The number of alkyl carbamates (subject to hydrolysis) is 1. The Morgan fingerprint density at radius 2 is 2.08 bits per heavy atom. The van der Waals surface area contributed by atoms with Gasteiger partial charge in [-0.15, -0.1) is 0 Å². The molecule has 0 saturated carbocycles. The van der Waals surface area contributed by atoms with Crippen LogP contribution in [0.25, 0.3) is 0 Å². The molecule has 132 valence electrons. The molecule has 1 aliphatic heterocycles. The van der Waals surface area contributed by atoms with Gasteiger partial charge < -0.3 is 19.7 Å². The molecule has 0 aromatic carbocycles. The van der Waals surface area contributed by atoms with Gasteiger partial charge in [0.1, 0.15) is 11.4 Å². The van der Waals surface area contributed by atoms with E-state index >= 15 is 0 Å². The first-order valence-corrected chi connectivity index (χ1v) is 8.07. The zero-order valence-electron chi connectivity index (χ0n) is 14.7. The second-order valence-corrected chi connectivity index (χ2v) is 6.83. The first-order chi connectivity index (χ1) is 11.3. The van der Waals surface area contributed by atoms with Gasteiger partial charge in [0.25, 0.3) is 0 Å². The van der Waals surface area contributed by atoms with Crippen molar-refractivity contribution in [1.82, 2.24) is 10.3 Å². The van der Waals surface area contributed by atoms with Crippen LogP contribution < -0.4 is 10.2 Å². The Hall–Kier alpha value is -2.31. The number of nitrogens with one attached hydrogen (secondary N) is 1. The number of ether oxygens (including phenoxy) is 2. The molecule has 1 saturated heterocycles. The Bertz CT molecular complexity index is 580. The van der Waals surface area contributed by atoms with Gasteiger partial charge in [0.2, 0.25) is 0 Å². The van der Waals surface area contributed by atoms with Crippen molar-refractivity contribution >= 4 is 17.9 Å². The van der Waals surface area contributed by atoms with Gasteiger partial charge in [-0.05, 0) is 45.7 Å². The maximum atomic E-state index is 11.9. The Labute approximate surface area is 142 Å². The quantitative estimate of drug-likeness (QED) is 0.854. The van der Waals surface area contributed by atoms with E-state index in [4.69, 9.17) is 4.74 Å². The highest BCUT2D eigenvalue weighted by atomic mass is 16.6. The lowest BCUT2D eigenvalue weighted by Crippen LogP contribution is -2.49. The Balaban J connectivity index is 1.95. The van der Waals surface area contributed by atoms with Gasteiger partial charge >= 0.3 is 12.1 Å². The van der Waals surface area contributed by atoms with E-state index in [0.717, 1.165) is 25.2 Å². The Morgan fingerprint density at radius 3 is 2.67 bits per heavy atom. The number of methoxy groups -OCH3 is 1. The molecule has 1 amide bonds. The molecule has 1 atom stereocenters. The summed E-state index contributed by atoms with van der Waals surface area (Å²) in [5.41, 5.74) is -0.0920. The fraction of sp³-hybridized carbons (Fsp3) is 0.588. The number of esters is 1. The van der Waals surface area contributed by atoms with Gasteiger partial charge in [-0.3, -0.25) is 0 Å². The number of carbonyl (C=O) groups is 2. The highest BCUT2D eigenvalue weighted by Gasteiger charge is 2.25.